The number of benzene rings is 1. The van der Waals surface area contributed by atoms with Crippen LogP contribution in [0.1, 0.15) is 5.69 Å². The minimum absolute atomic E-state index is 0.375. The number of carbonyl (C=O) groups excluding carboxylic acids is 1. The number of nitrogens with zero attached hydrogens (tertiary/aromatic N) is 4. The molecule has 0 radical (unpaired) electrons. The van der Waals surface area contributed by atoms with E-state index < -0.39 is 0 Å². The van der Waals surface area contributed by atoms with Gasteiger partial charge in [-0.3, -0.25) is 4.90 Å². The number of hydrogen-bond acceptors (Lipinski definition) is 4. The zero-order chi connectivity index (χ0) is 18.1. The summed E-state index contributed by atoms with van der Waals surface area (Å²) in [7, 11) is 1.38. The number of halogens is 1. The lowest BCUT2D eigenvalue weighted by molar-refractivity contribution is 0.130. The van der Waals surface area contributed by atoms with E-state index in [0.717, 1.165) is 22.6 Å². The molecule has 3 heterocycles. The van der Waals surface area contributed by atoms with Crippen LogP contribution in [-0.4, -0.2) is 39.1 Å². The average molecular weight is 369 g/mol. The highest BCUT2D eigenvalue weighted by Gasteiger charge is 2.22. The smallest absolute Gasteiger partial charge is 0.415 e. The van der Waals surface area contributed by atoms with Crippen molar-refractivity contribution in [1.82, 2.24) is 19.2 Å². The fourth-order valence-corrected chi connectivity index (χ4v) is 3.16. The van der Waals surface area contributed by atoms with Crippen LogP contribution in [0.15, 0.2) is 61.1 Å². The van der Waals surface area contributed by atoms with Crippen LogP contribution in [0, 0.1) is 0 Å². The van der Waals surface area contributed by atoms with Gasteiger partial charge in [0.25, 0.3) is 0 Å². The quantitative estimate of drug-likeness (QED) is 0.702. The van der Waals surface area contributed by atoms with Crippen molar-refractivity contribution in [3.63, 3.8) is 0 Å². The monoisotopic (exact) mass is 368 g/mol. The zero-order valence-electron chi connectivity index (χ0n) is 14.2. The van der Waals surface area contributed by atoms with Gasteiger partial charge in [0.15, 0.2) is 0 Å². The van der Waals surface area contributed by atoms with Crippen LogP contribution < -0.4 is 0 Å². The number of pyridine rings is 1. The van der Waals surface area contributed by atoms with Crippen molar-refractivity contribution >= 4 is 23.3 Å². The van der Waals surface area contributed by atoms with Crippen molar-refractivity contribution in [3.8, 4) is 11.3 Å². The maximum Gasteiger partial charge on any atom is 0.415 e. The predicted molar refractivity (Wildman–Crippen MR) is 99.4 cm³/mol. The van der Waals surface area contributed by atoms with Gasteiger partial charge in [0.2, 0.25) is 0 Å². The summed E-state index contributed by atoms with van der Waals surface area (Å²) in [6.45, 7) is 1.04. The first kappa shape index (κ1) is 16.5. The Labute approximate surface area is 155 Å². The molecule has 0 saturated carbocycles. The summed E-state index contributed by atoms with van der Waals surface area (Å²) in [6, 6.07) is 13.6. The van der Waals surface area contributed by atoms with E-state index >= 15 is 0 Å². The van der Waals surface area contributed by atoms with Crippen molar-refractivity contribution < 1.29 is 9.53 Å². The lowest BCUT2D eigenvalue weighted by Crippen LogP contribution is -2.30. The maximum atomic E-state index is 11.7. The molecule has 0 bridgehead atoms. The van der Waals surface area contributed by atoms with Crippen molar-refractivity contribution in [2.24, 2.45) is 0 Å². The number of aromatic nitrogens is 2. The Kier molecular flexibility index (Phi) is 4.26. The second-order valence-electron chi connectivity index (χ2n) is 5.97. The summed E-state index contributed by atoms with van der Waals surface area (Å²) in [6.07, 6.45) is 5.22. The standard InChI is InChI=1S/C19H17ClN4O2/c1-26-19(25)23-11-10-22(13-23)12-16-18(14-5-7-15(20)8-6-14)21-17-4-2-3-9-24(16)17/h2-11H,12-13H2,1H3. The van der Waals surface area contributed by atoms with E-state index in [-0.39, 0.29) is 6.09 Å². The third-order valence-electron chi connectivity index (χ3n) is 4.30. The minimum Gasteiger partial charge on any atom is -0.452 e. The van der Waals surface area contributed by atoms with Gasteiger partial charge in [-0.15, -0.1) is 0 Å². The molecule has 6 nitrogen and oxygen atoms in total. The van der Waals surface area contributed by atoms with Crippen LogP contribution in [0.25, 0.3) is 16.9 Å². The zero-order valence-corrected chi connectivity index (χ0v) is 14.9. The lowest BCUT2D eigenvalue weighted by Gasteiger charge is -2.19. The second-order valence-corrected chi connectivity index (χ2v) is 6.41. The number of imidazole rings is 1. The number of fused-ring (bicyclic) bond motifs is 1. The molecule has 0 fully saturated rings. The Bertz CT molecular complexity index is 981. The SMILES string of the molecule is COC(=O)N1C=CN(Cc2c(-c3ccc(Cl)cc3)nc3ccccn23)C1. The van der Waals surface area contributed by atoms with Crippen LogP contribution in [0.2, 0.25) is 5.02 Å². The molecule has 0 unspecified atom stereocenters. The number of carbonyl (C=O) groups is 1. The van der Waals surface area contributed by atoms with Gasteiger partial charge in [-0.1, -0.05) is 29.8 Å². The highest BCUT2D eigenvalue weighted by molar-refractivity contribution is 6.30. The number of rotatable bonds is 3. The summed E-state index contributed by atoms with van der Waals surface area (Å²) < 4.78 is 6.84. The minimum atomic E-state index is -0.375. The third-order valence-corrected chi connectivity index (χ3v) is 4.55. The van der Waals surface area contributed by atoms with Gasteiger partial charge < -0.3 is 14.0 Å². The first-order valence-corrected chi connectivity index (χ1v) is 8.52. The molecule has 1 aliphatic rings. The van der Waals surface area contributed by atoms with Crippen molar-refractivity contribution in [2.75, 3.05) is 13.8 Å². The second kappa shape index (κ2) is 6.72. The Morgan fingerprint density at radius 3 is 2.77 bits per heavy atom. The molecule has 1 aliphatic heterocycles. The fourth-order valence-electron chi connectivity index (χ4n) is 3.03. The summed E-state index contributed by atoms with van der Waals surface area (Å²) in [5.41, 5.74) is 3.82. The van der Waals surface area contributed by atoms with E-state index in [2.05, 4.69) is 4.40 Å². The Balaban J connectivity index is 1.70. The van der Waals surface area contributed by atoms with Crippen LogP contribution in [0.3, 0.4) is 0 Å². The highest BCUT2D eigenvalue weighted by Crippen LogP contribution is 2.27. The molecule has 132 valence electrons. The number of methoxy groups -OCH3 is 1. The Hall–Kier alpha value is -2.99. The molecule has 26 heavy (non-hydrogen) atoms. The normalized spacial score (nSPS) is 13.6. The van der Waals surface area contributed by atoms with Gasteiger partial charge in [-0.2, -0.15) is 0 Å². The van der Waals surface area contributed by atoms with E-state index in [9.17, 15) is 4.79 Å². The molecular formula is C19H17ClN4O2. The van der Waals surface area contributed by atoms with Gasteiger partial charge in [-0.05, 0) is 24.3 Å². The average Bonchev–Trinajstić information content (AvgIpc) is 3.27. The Morgan fingerprint density at radius 1 is 1.19 bits per heavy atom. The van der Waals surface area contributed by atoms with E-state index in [1.807, 2.05) is 59.8 Å². The van der Waals surface area contributed by atoms with Gasteiger partial charge in [0.1, 0.15) is 12.3 Å². The van der Waals surface area contributed by atoms with Crippen LogP contribution >= 0.6 is 11.6 Å². The first-order valence-electron chi connectivity index (χ1n) is 8.14. The van der Waals surface area contributed by atoms with E-state index in [1.165, 1.54) is 12.0 Å². The summed E-state index contributed by atoms with van der Waals surface area (Å²) in [4.78, 5) is 20.0. The molecule has 0 saturated heterocycles. The summed E-state index contributed by atoms with van der Waals surface area (Å²) in [5, 5.41) is 0.690. The molecule has 4 rings (SSSR count). The van der Waals surface area contributed by atoms with E-state index in [0.29, 0.717) is 18.2 Å². The fraction of sp³-hybridized carbons (Fsp3) is 0.158. The van der Waals surface area contributed by atoms with Crippen molar-refractivity contribution in [2.45, 2.75) is 6.54 Å². The lowest BCUT2D eigenvalue weighted by atomic mass is 10.1. The van der Waals surface area contributed by atoms with Gasteiger partial charge >= 0.3 is 6.09 Å². The molecule has 0 N–H and O–H groups in total. The largest absolute Gasteiger partial charge is 0.452 e. The number of ether oxygens (including phenoxy) is 1. The van der Waals surface area contributed by atoms with Crippen LogP contribution in [0.4, 0.5) is 4.79 Å². The van der Waals surface area contributed by atoms with Crippen molar-refractivity contribution in [3.05, 3.63) is 71.8 Å². The molecular weight excluding hydrogens is 352 g/mol. The molecule has 0 aliphatic carbocycles. The third kappa shape index (κ3) is 2.99. The number of hydrogen-bond donors (Lipinski definition) is 0. The first-order chi connectivity index (χ1) is 12.7. The summed E-state index contributed by atoms with van der Waals surface area (Å²) >= 11 is 6.02. The van der Waals surface area contributed by atoms with Crippen LogP contribution in [0.5, 0.6) is 0 Å². The maximum absolute atomic E-state index is 11.7. The molecule has 2 aromatic heterocycles. The molecule has 1 amide bonds. The highest BCUT2D eigenvalue weighted by atomic mass is 35.5. The van der Waals surface area contributed by atoms with Crippen molar-refractivity contribution in [1.29, 1.82) is 0 Å². The number of amides is 1. The summed E-state index contributed by atoms with van der Waals surface area (Å²) in [5.74, 6) is 0. The predicted octanol–water partition coefficient (Wildman–Crippen LogP) is 3.97. The molecule has 1 aromatic carbocycles. The molecule has 0 spiro atoms. The molecule has 7 heteroatoms. The topological polar surface area (TPSA) is 50.1 Å². The molecule has 0 atom stereocenters. The van der Waals surface area contributed by atoms with Gasteiger partial charge in [0.05, 0.1) is 25.0 Å². The van der Waals surface area contributed by atoms with Crippen LogP contribution in [-0.2, 0) is 11.3 Å². The Morgan fingerprint density at radius 2 is 2.00 bits per heavy atom. The van der Waals surface area contributed by atoms with E-state index in [4.69, 9.17) is 21.3 Å². The molecule has 3 aromatic rings. The van der Waals surface area contributed by atoms with E-state index in [1.54, 1.807) is 6.20 Å². The van der Waals surface area contributed by atoms with Gasteiger partial charge in [-0.25, -0.2) is 9.78 Å². The van der Waals surface area contributed by atoms with Gasteiger partial charge in [0, 0.05) is 29.2 Å².